The molecule has 3 aromatic carbocycles. The van der Waals surface area contributed by atoms with Gasteiger partial charge in [0.1, 0.15) is 0 Å². The number of nitrogens with one attached hydrogen (secondary N) is 1. The maximum absolute atomic E-state index is 4.70. The van der Waals surface area contributed by atoms with Gasteiger partial charge in [-0.1, -0.05) is 73.8 Å². The Bertz CT molecular complexity index is 1100. The van der Waals surface area contributed by atoms with E-state index >= 15 is 0 Å². The number of rotatable bonds is 4. The molecule has 0 saturated carbocycles. The van der Waals surface area contributed by atoms with Crippen molar-refractivity contribution in [2.24, 2.45) is 0 Å². The van der Waals surface area contributed by atoms with Crippen LogP contribution in [0.15, 0.2) is 79.9 Å². The van der Waals surface area contributed by atoms with Crippen molar-refractivity contribution in [1.29, 1.82) is 0 Å². The normalized spacial score (nSPS) is 10.7. The highest BCUT2D eigenvalue weighted by atomic mass is 14.9. The molecule has 0 spiro atoms. The minimum Gasteiger partial charge on any atom is -0.354 e. The predicted molar refractivity (Wildman–Crippen MR) is 109 cm³/mol. The van der Waals surface area contributed by atoms with Crippen LogP contribution in [-0.4, -0.2) is 4.98 Å². The van der Waals surface area contributed by atoms with E-state index in [0.29, 0.717) is 0 Å². The molecular formula is C23H18N2. The van der Waals surface area contributed by atoms with Crippen LogP contribution in [0, 0.1) is 0 Å². The van der Waals surface area contributed by atoms with Gasteiger partial charge in [-0.05, 0) is 23.6 Å². The van der Waals surface area contributed by atoms with Crippen molar-refractivity contribution < 1.29 is 0 Å². The smallest absolute Gasteiger partial charge is 0.0730 e. The van der Waals surface area contributed by atoms with Gasteiger partial charge in [0.05, 0.1) is 16.9 Å². The average Bonchev–Trinajstić information content (AvgIpc) is 2.67. The lowest BCUT2D eigenvalue weighted by Gasteiger charge is -2.16. The molecule has 0 unspecified atom stereocenters. The summed E-state index contributed by atoms with van der Waals surface area (Å²) in [6, 6.07) is 22.8. The number of pyridine rings is 1. The number of anilines is 2. The zero-order valence-corrected chi connectivity index (χ0v) is 13.9. The molecule has 0 amide bonds. The molecule has 0 bridgehead atoms. The molecule has 0 aliphatic heterocycles. The van der Waals surface area contributed by atoms with E-state index in [9.17, 15) is 0 Å². The lowest BCUT2D eigenvalue weighted by Crippen LogP contribution is -1.99. The van der Waals surface area contributed by atoms with Gasteiger partial charge in [-0.25, -0.2) is 4.98 Å². The zero-order valence-electron chi connectivity index (χ0n) is 13.9. The third kappa shape index (κ3) is 2.58. The molecule has 0 atom stereocenters. The van der Waals surface area contributed by atoms with Crippen molar-refractivity contribution >= 4 is 45.2 Å². The minimum absolute atomic E-state index is 0.830. The highest BCUT2D eigenvalue weighted by Gasteiger charge is 2.12. The quantitative estimate of drug-likeness (QED) is 0.469. The molecule has 120 valence electrons. The summed E-state index contributed by atoms with van der Waals surface area (Å²) in [6.07, 6.45) is 3.61. The van der Waals surface area contributed by atoms with E-state index < -0.39 is 0 Å². The lowest BCUT2D eigenvalue weighted by atomic mass is 10.0. The van der Waals surface area contributed by atoms with Crippen LogP contribution in [0.1, 0.15) is 11.3 Å². The van der Waals surface area contributed by atoms with Crippen molar-refractivity contribution in [3.63, 3.8) is 0 Å². The fraction of sp³-hybridized carbons (Fsp3) is 0. The summed E-state index contributed by atoms with van der Waals surface area (Å²) in [6.45, 7) is 7.89. The Morgan fingerprint density at radius 1 is 0.760 bits per heavy atom. The first-order valence-corrected chi connectivity index (χ1v) is 8.24. The fourth-order valence-corrected chi connectivity index (χ4v) is 3.21. The second-order valence-corrected chi connectivity index (χ2v) is 5.86. The highest BCUT2D eigenvalue weighted by Crippen LogP contribution is 2.34. The van der Waals surface area contributed by atoms with Gasteiger partial charge in [0.15, 0.2) is 0 Å². The maximum Gasteiger partial charge on any atom is 0.0730 e. The molecule has 2 nitrogen and oxygen atoms in total. The van der Waals surface area contributed by atoms with Gasteiger partial charge in [-0.2, -0.15) is 0 Å². The second kappa shape index (κ2) is 6.25. The summed E-state index contributed by atoms with van der Waals surface area (Å²) >= 11 is 0. The van der Waals surface area contributed by atoms with Crippen LogP contribution in [0.2, 0.25) is 0 Å². The zero-order chi connectivity index (χ0) is 17.2. The number of nitrogens with zero attached hydrogens (tertiary/aromatic N) is 1. The first kappa shape index (κ1) is 15.2. The molecule has 1 heterocycles. The third-order valence-corrected chi connectivity index (χ3v) is 4.41. The maximum atomic E-state index is 4.70. The summed E-state index contributed by atoms with van der Waals surface area (Å²) in [7, 11) is 0. The molecule has 0 radical (unpaired) electrons. The number of hydrogen-bond acceptors (Lipinski definition) is 2. The summed E-state index contributed by atoms with van der Waals surface area (Å²) in [5.41, 5.74) is 4.79. The van der Waals surface area contributed by atoms with Crippen LogP contribution in [0.5, 0.6) is 0 Å². The van der Waals surface area contributed by atoms with Gasteiger partial charge in [0, 0.05) is 22.0 Å². The molecule has 1 aromatic heterocycles. The van der Waals surface area contributed by atoms with Gasteiger partial charge < -0.3 is 5.32 Å². The predicted octanol–water partition coefficient (Wildman–Crippen LogP) is 6.42. The minimum atomic E-state index is 0.830. The van der Waals surface area contributed by atoms with Crippen molar-refractivity contribution in [1.82, 2.24) is 4.98 Å². The number of para-hydroxylation sites is 1. The summed E-state index contributed by atoms with van der Waals surface area (Å²) in [5.74, 6) is 0. The number of hydrogen-bond donors (Lipinski definition) is 1. The van der Waals surface area contributed by atoms with E-state index in [0.717, 1.165) is 33.5 Å². The van der Waals surface area contributed by atoms with Crippen LogP contribution in [0.4, 0.5) is 11.4 Å². The highest BCUT2D eigenvalue weighted by molar-refractivity contribution is 6.03. The SMILES string of the molecule is C=Cc1nc2ccccc2c(Nc2cccc3ccccc23)c1C=C. The molecule has 0 saturated heterocycles. The Kier molecular flexibility index (Phi) is 3.79. The Hall–Kier alpha value is -3.39. The van der Waals surface area contributed by atoms with Gasteiger partial charge in [-0.15, -0.1) is 0 Å². The summed E-state index contributed by atoms with van der Waals surface area (Å²) in [4.78, 5) is 4.70. The molecule has 0 aliphatic rings. The molecule has 2 heteroatoms. The van der Waals surface area contributed by atoms with Crippen LogP contribution in [0.3, 0.4) is 0 Å². The van der Waals surface area contributed by atoms with Crippen LogP contribution in [-0.2, 0) is 0 Å². The van der Waals surface area contributed by atoms with Crippen molar-refractivity contribution in [3.8, 4) is 0 Å². The van der Waals surface area contributed by atoms with Gasteiger partial charge in [-0.3, -0.25) is 0 Å². The van der Waals surface area contributed by atoms with E-state index in [1.807, 2.05) is 24.3 Å². The molecule has 25 heavy (non-hydrogen) atoms. The first-order chi connectivity index (χ1) is 12.3. The number of aromatic nitrogens is 1. The molecule has 0 fully saturated rings. The van der Waals surface area contributed by atoms with Crippen molar-refractivity contribution in [2.45, 2.75) is 0 Å². The molecule has 0 aliphatic carbocycles. The number of fused-ring (bicyclic) bond motifs is 2. The molecular weight excluding hydrogens is 304 g/mol. The van der Waals surface area contributed by atoms with E-state index in [4.69, 9.17) is 4.98 Å². The molecule has 1 N–H and O–H groups in total. The molecule has 4 aromatic rings. The third-order valence-electron chi connectivity index (χ3n) is 4.41. The van der Waals surface area contributed by atoms with E-state index in [1.165, 1.54) is 10.8 Å². The summed E-state index contributed by atoms with van der Waals surface area (Å²) < 4.78 is 0. The summed E-state index contributed by atoms with van der Waals surface area (Å²) in [5, 5.41) is 7.08. The van der Waals surface area contributed by atoms with Gasteiger partial charge in [0.2, 0.25) is 0 Å². The van der Waals surface area contributed by atoms with E-state index in [1.54, 1.807) is 6.08 Å². The van der Waals surface area contributed by atoms with Gasteiger partial charge in [0.25, 0.3) is 0 Å². The van der Waals surface area contributed by atoms with Crippen LogP contribution < -0.4 is 5.32 Å². The van der Waals surface area contributed by atoms with Gasteiger partial charge >= 0.3 is 0 Å². The lowest BCUT2D eigenvalue weighted by molar-refractivity contribution is 1.35. The Balaban J connectivity index is 1.99. The Morgan fingerprint density at radius 2 is 1.48 bits per heavy atom. The Morgan fingerprint density at radius 3 is 2.28 bits per heavy atom. The fourth-order valence-electron chi connectivity index (χ4n) is 3.21. The second-order valence-electron chi connectivity index (χ2n) is 5.86. The standard InChI is InChI=1S/C23H18N2/c1-3-17-20(4-2)24-22-14-8-7-13-19(22)23(17)25-21-15-9-11-16-10-5-6-12-18(16)21/h3-15H,1-2H2,(H,24,25). The van der Waals surface area contributed by atoms with Crippen LogP contribution >= 0.6 is 0 Å². The number of benzene rings is 3. The van der Waals surface area contributed by atoms with E-state index in [2.05, 4.69) is 67.0 Å². The first-order valence-electron chi connectivity index (χ1n) is 8.24. The van der Waals surface area contributed by atoms with Crippen LogP contribution in [0.25, 0.3) is 33.8 Å². The molecule has 4 rings (SSSR count). The largest absolute Gasteiger partial charge is 0.354 e. The Labute approximate surface area is 147 Å². The van der Waals surface area contributed by atoms with Crippen molar-refractivity contribution in [3.05, 3.63) is 91.1 Å². The topological polar surface area (TPSA) is 24.9 Å². The van der Waals surface area contributed by atoms with E-state index in [-0.39, 0.29) is 0 Å². The monoisotopic (exact) mass is 322 g/mol. The van der Waals surface area contributed by atoms with Crippen molar-refractivity contribution in [2.75, 3.05) is 5.32 Å². The average molecular weight is 322 g/mol.